The highest BCUT2D eigenvalue weighted by molar-refractivity contribution is 6.32. The first-order valence-corrected chi connectivity index (χ1v) is 5.60. The molecule has 0 aliphatic carbocycles. The summed E-state index contributed by atoms with van der Waals surface area (Å²) in [7, 11) is 3.31. The lowest BCUT2D eigenvalue weighted by molar-refractivity contribution is -0.130. The Morgan fingerprint density at radius 3 is 2.65 bits per heavy atom. The number of aliphatic hydroxyl groups excluding tert-OH is 1. The van der Waals surface area contributed by atoms with Crippen LogP contribution in [0.2, 0.25) is 5.02 Å². The number of hydrogen-bond donors (Lipinski definition) is 1. The minimum atomic E-state index is -0.579. The Morgan fingerprint density at radius 2 is 2.18 bits per heavy atom. The normalized spacial score (nSPS) is 12.1. The molecule has 4 nitrogen and oxygen atoms in total. The Kier molecular flexibility index (Phi) is 4.78. The lowest BCUT2D eigenvalue weighted by Crippen LogP contribution is -2.27. The molecule has 94 valence electrons. The maximum Gasteiger partial charge on any atom is 0.259 e. The summed E-state index contributed by atoms with van der Waals surface area (Å²) >= 11 is 5.98. The van der Waals surface area contributed by atoms with Gasteiger partial charge >= 0.3 is 0 Å². The van der Waals surface area contributed by atoms with Crippen molar-refractivity contribution in [3.8, 4) is 5.75 Å². The molecule has 5 heteroatoms. The van der Waals surface area contributed by atoms with Gasteiger partial charge in [0.1, 0.15) is 5.75 Å². The van der Waals surface area contributed by atoms with Crippen LogP contribution in [0, 0.1) is 0 Å². The van der Waals surface area contributed by atoms with Gasteiger partial charge in [0.25, 0.3) is 5.91 Å². The third kappa shape index (κ3) is 3.91. The SMILES string of the molecule is CC(O)c1ccc(OCC(=O)N(C)C)c(Cl)c1. The van der Waals surface area contributed by atoms with Crippen LogP contribution in [0.25, 0.3) is 0 Å². The zero-order chi connectivity index (χ0) is 13.0. The van der Waals surface area contributed by atoms with Crippen molar-refractivity contribution < 1.29 is 14.6 Å². The molecule has 0 aliphatic heterocycles. The van der Waals surface area contributed by atoms with E-state index in [9.17, 15) is 9.90 Å². The van der Waals surface area contributed by atoms with E-state index in [1.54, 1.807) is 39.2 Å². The predicted octanol–water partition coefficient (Wildman–Crippen LogP) is 1.86. The fourth-order valence-corrected chi connectivity index (χ4v) is 1.41. The van der Waals surface area contributed by atoms with Crippen LogP contribution < -0.4 is 4.74 Å². The second kappa shape index (κ2) is 5.89. The molecule has 1 aromatic carbocycles. The highest BCUT2D eigenvalue weighted by atomic mass is 35.5. The number of amides is 1. The van der Waals surface area contributed by atoms with E-state index in [1.165, 1.54) is 4.90 Å². The van der Waals surface area contributed by atoms with Crippen LogP contribution in [0.4, 0.5) is 0 Å². The average Bonchev–Trinajstić information content (AvgIpc) is 2.26. The third-order valence-corrected chi connectivity index (χ3v) is 2.58. The maximum atomic E-state index is 11.3. The molecule has 1 amide bonds. The summed E-state index contributed by atoms with van der Waals surface area (Å²) in [5, 5.41) is 9.75. The molecule has 1 aromatic rings. The molecule has 0 saturated heterocycles. The second-order valence-electron chi connectivity index (χ2n) is 3.94. The number of nitrogens with zero attached hydrogens (tertiary/aromatic N) is 1. The van der Waals surface area contributed by atoms with Crippen LogP contribution in [0.1, 0.15) is 18.6 Å². The Balaban J connectivity index is 2.70. The summed E-state index contributed by atoms with van der Waals surface area (Å²) in [5.41, 5.74) is 0.710. The molecule has 1 rings (SSSR count). The van der Waals surface area contributed by atoms with E-state index in [1.807, 2.05) is 0 Å². The molecule has 0 spiro atoms. The van der Waals surface area contributed by atoms with Crippen LogP contribution in [-0.4, -0.2) is 36.6 Å². The van der Waals surface area contributed by atoms with Crippen LogP contribution in [0.5, 0.6) is 5.75 Å². The van der Waals surface area contributed by atoms with E-state index in [0.717, 1.165) is 0 Å². The lowest BCUT2D eigenvalue weighted by atomic mass is 10.1. The van der Waals surface area contributed by atoms with Gasteiger partial charge in [0.2, 0.25) is 0 Å². The molecule has 0 bridgehead atoms. The zero-order valence-corrected chi connectivity index (χ0v) is 10.9. The predicted molar refractivity (Wildman–Crippen MR) is 66.3 cm³/mol. The van der Waals surface area contributed by atoms with E-state index in [4.69, 9.17) is 16.3 Å². The van der Waals surface area contributed by atoms with Crippen molar-refractivity contribution in [2.24, 2.45) is 0 Å². The van der Waals surface area contributed by atoms with Crippen molar-refractivity contribution in [3.63, 3.8) is 0 Å². The Labute approximate surface area is 106 Å². The van der Waals surface area contributed by atoms with Gasteiger partial charge in [-0.05, 0) is 24.6 Å². The van der Waals surface area contributed by atoms with Crippen LogP contribution in [0.15, 0.2) is 18.2 Å². The second-order valence-corrected chi connectivity index (χ2v) is 4.35. The fraction of sp³-hybridized carbons (Fsp3) is 0.417. The number of aliphatic hydroxyl groups is 1. The number of ether oxygens (including phenoxy) is 1. The van der Waals surface area contributed by atoms with E-state index < -0.39 is 6.10 Å². The first-order valence-electron chi connectivity index (χ1n) is 5.22. The average molecular weight is 258 g/mol. The smallest absolute Gasteiger partial charge is 0.259 e. The Hall–Kier alpha value is -1.26. The van der Waals surface area contributed by atoms with Crippen molar-refractivity contribution in [2.45, 2.75) is 13.0 Å². The van der Waals surface area contributed by atoms with Crippen molar-refractivity contribution in [2.75, 3.05) is 20.7 Å². The van der Waals surface area contributed by atoms with Gasteiger partial charge in [-0.1, -0.05) is 17.7 Å². The zero-order valence-electron chi connectivity index (χ0n) is 10.1. The summed E-state index contributed by atoms with van der Waals surface area (Å²) in [6, 6.07) is 4.99. The number of likely N-dealkylation sites (N-methyl/N-ethyl adjacent to an activating group) is 1. The van der Waals surface area contributed by atoms with Crippen LogP contribution in [-0.2, 0) is 4.79 Å². The summed E-state index contributed by atoms with van der Waals surface area (Å²) in [5.74, 6) is 0.298. The molecule has 0 radical (unpaired) electrons. The summed E-state index contributed by atoms with van der Waals surface area (Å²) < 4.78 is 5.29. The van der Waals surface area contributed by atoms with Gasteiger partial charge in [-0.15, -0.1) is 0 Å². The molecule has 17 heavy (non-hydrogen) atoms. The minimum Gasteiger partial charge on any atom is -0.482 e. The molecule has 1 atom stereocenters. The number of halogens is 1. The molecule has 0 aliphatic rings. The van der Waals surface area contributed by atoms with Crippen molar-refractivity contribution in [3.05, 3.63) is 28.8 Å². The molecule has 1 N–H and O–H groups in total. The van der Waals surface area contributed by atoms with Crippen molar-refractivity contribution in [1.82, 2.24) is 4.90 Å². The highest BCUT2D eigenvalue weighted by Gasteiger charge is 2.09. The summed E-state index contributed by atoms with van der Waals surface area (Å²) in [6.07, 6.45) is -0.579. The monoisotopic (exact) mass is 257 g/mol. The summed E-state index contributed by atoms with van der Waals surface area (Å²) in [4.78, 5) is 12.8. The topological polar surface area (TPSA) is 49.8 Å². The molecular weight excluding hydrogens is 242 g/mol. The highest BCUT2D eigenvalue weighted by Crippen LogP contribution is 2.27. The first kappa shape index (κ1) is 13.8. The molecule has 0 heterocycles. The van der Waals surface area contributed by atoms with E-state index in [0.29, 0.717) is 16.3 Å². The molecule has 0 aromatic heterocycles. The van der Waals surface area contributed by atoms with Crippen molar-refractivity contribution >= 4 is 17.5 Å². The van der Waals surface area contributed by atoms with Crippen molar-refractivity contribution in [1.29, 1.82) is 0 Å². The summed E-state index contributed by atoms with van der Waals surface area (Å²) in [6.45, 7) is 1.60. The van der Waals surface area contributed by atoms with E-state index >= 15 is 0 Å². The number of rotatable bonds is 4. The van der Waals surface area contributed by atoms with Gasteiger partial charge in [-0.2, -0.15) is 0 Å². The maximum absolute atomic E-state index is 11.3. The van der Waals surface area contributed by atoms with Gasteiger partial charge in [0, 0.05) is 14.1 Å². The van der Waals surface area contributed by atoms with E-state index in [-0.39, 0.29) is 12.5 Å². The number of carbonyl (C=O) groups excluding carboxylic acids is 1. The molecule has 0 fully saturated rings. The number of hydrogen-bond acceptors (Lipinski definition) is 3. The Bertz CT molecular complexity index is 405. The van der Waals surface area contributed by atoms with Gasteiger partial charge < -0.3 is 14.7 Å². The molecule has 0 saturated carbocycles. The van der Waals surface area contributed by atoms with Gasteiger partial charge in [-0.25, -0.2) is 0 Å². The van der Waals surface area contributed by atoms with Gasteiger partial charge in [-0.3, -0.25) is 4.79 Å². The van der Waals surface area contributed by atoms with E-state index in [2.05, 4.69) is 0 Å². The molecular formula is C12H16ClNO3. The fourth-order valence-electron chi connectivity index (χ4n) is 1.16. The first-order chi connectivity index (χ1) is 7.91. The number of benzene rings is 1. The lowest BCUT2D eigenvalue weighted by Gasteiger charge is -2.13. The third-order valence-electron chi connectivity index (χ3n) is 2.29. The quantitative estimate of drug-likeness (QED) is 0.896. The van der Waals surface area contributed by atoms with Crippen LogP contribution in [0.3, 0.4) is 0 Å². The van der Waals surface area contributed by atoms with Gasteiger partial charge in [0.15, 0.2) is 6.61 Å². The number of carbonyl (C=O) groups is 1. The molecule has 1 unspecified atom stereocenters. The minimum absolute atomic E-state index is 0.0548. The standard InChI is InChI=1S/C12H16ClNO3/c1-8(15)9-4-5-11(10(13)6-9)17-7-12(16)14(2)3/h4-6,8,15H,7H2,1-3H3. The Morgan fingerprint density at radius 1 is 1.53 bits per heavy atom. The van der Waals surface area contributed by atoms with Gasteiger partial charge in [0.05, 0.1) is 11.1 Å². The largest absolute Gasteiger partial charge is 0.482 e. The van der Waals surface area contributed by atoms with Crippen LogP contribution >= 0.6 is 11.6 Å².